The monoisotopic (exact) mass is 293 g/mol. The largest absolute Gasteiger partial charge is 0.467 e. The second-order valence-electron chi connectivity index (χ2n) is 4.77. The zero-order chi connectivity index (χ0) is 14.1. The molecule has 1 fully saturated rings. The summed E-state index contributed by atoms with van der Waals surface area (Å²) in [4.78, 5) is 30.8. The molecular formula is C13H15N3O3S. The third kappa shape index (κ3) is 2.29. The summed E-state index contributed by atoms with van der Waals surface area (Å²) in [5, 5.41) is 1.95. The second kappa shape index (κ2) is 5.24. The van der Waals surface area contributed by atoms with Crippen molar-refractivity contribution in [3.63, 3.8) is 0 Å². The van der Waals surface area contributed by atoms with Gasteiger partial charge in [0.15, 0.2) is 4.96 Å². The van der Waals surface area contributed by atoms with Crippen LogP contribution < -0.4 is 0 Å². The highest BCUT2D eigenvalue weighted by molar-refractivity contribution is 7.15. The number of likely N-dealkylation sites (tertiary alicyclic amines) is 1. The number of thiazole rings is 1. The molecule has 1 atom stereocenters. The van der Waals surface area contributed by atoms with Gasteiger partial charge in [-0.05, 0) is 12.8 Å². The number of carbonyl (C=O) groups excluding carboxylic acids is 2. The topological polar surface area (TPSA) is 63.9 Å². The Kier molecular flexibility index (Phi) is 3.43. The maximum atomic E-state index is 12.3. The summed E-state index contributed by atoms with van der Waals surface area (Å²) in [5.41, 5.74) is 0.734. The first-order valence-corrected chi connectivity index (χ1v) is 7.35. The maximum absolute atomic E-state index is 12.3. The number of rotatable bonds is 3. The Balaban J connectivity index is 1.72. The first-order valence-electron chi connectivity index (χ1n) is 6.47. The number of imidazole rings is 1. The molecule has 1 aliphatic heterocycles. The van der Waals surface area contributed by atoms with Crippen molar-refractivity contribution in [2.75, 3.05) is 13.7 Å². The van der Waals surface area contributed by atoms with Gasteiger partial charge < -0.3 is 9.64 Å². The first-order chi connectivity index (χ1) is 9.69. The minimum atomic E-state index is -0.434. The number of methoxy groups -OCH3 is 1. The highest BCUT2D eigenvalue weighted by Gasteiger charge is 2.34. The fraction of sp³-hybridized carbons (Fsp3) is 0.462. The summed E-state index contributed by atoms with van der Waals surface area (Å²) in [7, 11) is 1.35. The van der Waals surface area contributed by atoms with Gasteiger partial charge in [0.1, 0.15) is 6.04 Å². The van der Waals surface area contributed by atoms with Crippen molar-refractivity contribution in [2.24, 2.45) is 0 Å². The van der Waals surface area contributed by atoms with E-state index in [1.165, 1.54) is 18.4 Å². The molecule has 0 bridgehead atoms. The molecule has 0 unspecified atom stereocenters. The minimum Gasteiger partial charge on any atom is -0.467 e. The van der Waals surface area contributed by atoms with Gasteiger partial charge in [0.25, 0.3) is 0 Å². The summed E-state index contributed by atoms with van der Waals surface area (Å²) >= 11 is 1.53. The van der Waals surface area contributed by atoms with E-state index in [1.54, 1.807) is 4.90 Å². The fourth-order valence-corrected chi connectivity index (χ4v) is 3.28. The van der Waals surface area contributed by atoms with Crippen LogP contribution in [0.25, 0.3) is 4.96 Å². The van der Waals surface area contributed by atoms with Gasteiger partial charge in [-0.15, -0.1) is 11.3 Å². The van der Waals surface area contributed by atoms with Gasteiger partial charge in [0, 0.05) is 24.3 Å². The lowest BCUT2D eigenvalue weighted by Crippen LogP contribution is -2.41. The predicted molar refractivity (Wildman–Crippen MR) is 73.5 cm³/mol. The second-order valence-corrected chi connectivity index (χ2v) is 5.64. The molecule has 2 aromatic heterocycles. The predicted octanol–water partition coefficient (Wildman–Crippen LogP) is 1.10. The number of amides is 1. The first kappa shape index (κ1) is 13.1. The van der Waals surface area contributed by atoms with Gasteiger partial charge in [-0.1, -0.05) is 0 Å². The molecule has 1 aliphatic rings. The fourth-order valence-electron chi connectivity index (χ4n) is 2.56. The zero-order valence-corrected chi connectivity index (χ0v) is 11.9. The van der Waals surface area contributed by atoms with E-state index in [-0.39, 0.29) is 18.3 Å². The van der Waals surface area contributed by atoms with Gasteiger partial charge in [-0.3, -0.25) is 9.20 Å². The average Bonchev–Trinajstić information content (AvgIpc) is 3.11. The molecule has 7 heteroatoms. The van der Waals surface area contributed by atoms with Crippen LogP contribution in [0.1, 0.15) is 18.5 Å². The van der Waals surface area contributed by atoms with Crippen LogP contribution in [0.15, 0.2) is 17.8 Å². The zero-order valence-electron chi connectivity index (χ0n) is 11.1. The highest BCUT2D eigenvalue weighted by atomic mass is 32.1. The van der Waals surface area contributed by atoms with Gasteiger partial charge in [0.2, 0.25) is 5.91 Å². The van der Waals surface area contributed by atoms with Crippen LogP contribution in [0.4, 0.5) is 0 Å². The molecule has 0 radical (unpaired) electrons. The summed E-state index contributed by atoms with van der Waals surface area (Å²) in [6.45, 7) is 0.612. The van der Waals surface area contributed by atoms with E-state index in [2.05, 4.69) is 4.98 Å². The molecule has 3 heterocycles. The molecule has 0 aromatic carbocycles. The lowest BCUT2D eigenvalue weighted by molar-refractivity contribution is -0.150. The number of hydrogen-bond donors (Lipinski definition) is 0. The van der Waals surface area contributed by atoms with E-state index < -0.39 is 6.04 Å². The van der Waals surface area contributed by atoms with Crippen LogP contribution in [-0.2, 0) is 20.7 Å². The molecule has 0 spiro atoms. The third-order valence-corrected chi connectivity index (χ3v) is 4.29. The molecule has 2 aromatic rings. The molecule has 0 N–H and O–H groups in total. The average molecular weight is 293 g/mol. The van der Waals surface area contributed by atoms with Crippen LogP contribution in [0.2, 0.25) is 0 Å². The minimum absolute atomic E-state index is 0.0661. The number of hydrogen-bond acceptors (Lipinski definition) is 5. The normalized spacial score (nSPS) is 18.6. The molecular weight excluding hydrogens is 278 g/mol. The van der Waals surface area contributed by atoms with Crippen LogP contribution in [-0.4, -0.2) is 45.9 Å². The Morgan fingerprint density at radius 2 is 2.40 bits per heavy atom. The smallest absolute Gasteiger partial charge is 0.328 e. The summed E-state index contributed by atoms with van der Waals surface area (Å²) in [6, 6.07) is -0.434. The molecule has 1 amide bonds. The van der Waals surface area contributed by atoms with E-state index in [0.29, 0.717) is 13.0 Å². The van der Waals surface area contributed by atoms with Gasteiger partial charge in [-0.25, -0.2) is 9.78 Å². The summed E-state index contributed by atoms with van der Waals surface area (Å²) < 4.78 is 6.65. The molecule has 6 nitrogen and oxygen atoms in total. The number of aromatic nitrogens is 2. The van der Waals surface area contributed by atoms with Gasteiger partial charge >= 0.3 is 5.97 Å². The van der Waals surface area contributed by atoms with Gasteiger partial charge in [-0.2, -0.15) is 0 Å². The number of ether oxygens (including phenoxy) is 1. The van der Waals surface area contributed by atoms with Crippen molar-refractivity contribution in [2.45, 2.75) is 25.3 Å². The van der Waals surface area contributed by atoms with E-state index in [9.17, 15) is 9.59 Å². The van der Waals surface area contributed by atoms with Crippen molar-refractivity contribution >= 4 is 28.2 Å². The third-order valence-electron chi connectivity index (χ3n) is 3.52. The van der Waals surface area contributed by atoms with Crippen LogP contribution in [0.5, 0.6) is 0 Å². The van der Waals surface area contributed by atoms with E-state index in [1.807, 2.05) is 22.2 Å². The Morgan fingerprint density at radius 1 is 1.55 bits per heavy atom. The number of fused-ring (bicyclic) bond motifs is 1. The van der Waals surface area contributed by atoms with E-state index in [0.717, 1.165) is 17.1 Å². The van der Waals surface area contributed by atoms with E-state index in [4.69, 9.17) is 4.74 Å². The molecule has 0 saturated carbocycles. The molecule has 3 rings (SSSR count). The quantitative estimate of drug-likeness (QED) is 0.795. The Bertz CT molecular complexity index is 620. The lowest BCUT2D eigenvalue weighted by Gasteiger charge is -2.22. The highest BCUT2D eigenvalue weighted by Crippen LogP contribution is 2.20. The van der Waals surface area contributed by atoms with Crippen molar-refractivity contribution in [1.82, 2.24) is 14.3 Å². The maximum Gasteiger partial charge on any atom is 0.328 e. The number of carbonyl (C=O) groups is 2. The van der Waals surface area contributed by atoms with Crippen LogP contribution >= 0.6 is 11.3 Å². The lowest BCUT2D eigenvalue weighted by atomic mass is 10.2. The van der Waals surface area contributed by atoms with Crippen molar-refractivity contribution in [1.29, 1.82) is 0 Å². The Labute approximate surface area is 120 Å². The SMILES string of the molecule is COC(=O)[C@@H]1CCCN1C(=O)Cc1cn2ccsc2n1. The summed E-state index contributed by atoms with van der Waals surface area (Å²) in [5.74, 6) is -0.398. The molecule has 1 saturated heterocycles. The Morgan fingerprint density at radius 3 is 3.15 bits per heavy atom. The van der Waals surface area contributed by atoms with Crippen molar-refractivity contribution in [3.8, 4) is 0 Å². The van der Waals surface area contributed by atoms with Crippen molar-refractivity contribution in [3.05, 3.63) is 23.5 Å². The van der Waals surface area contributed by atoms with Crippen molar-refractivity contribution < 1.29 is 14.3 Å². The van der Waals surface area contributed by atoms with Crippen LogP contribution in [0, 0.1) is 0 Å². The molecule has 0 aliphatic carbocycles. The molecule has 106 valence electrons. The van der Waals surface area contributed by atoms with E-state index >= 15 is 0 Å². The van der Waals surface area contributed by atoms with Gasteiger partial charge in [0.05, 0.1) is 19.2 Å². The summed E-state index contributed by atoms with van der Waals surface area (Å²) in [6.07, 6.45) is 5.50. The number of nitrogens with zero attached hydrogens (tertiary/aromatic N) is 3. The number of esters is 1. The molecule has 20 heavy (non-hydrogen) atoms. The Hall–Kier alpha value is -1.89. The van der Waals surface area contributed by atoms with Crippen LogP contribution in [0.3, 0.4) is 0 Å². The standard InChI is InChI=1S/C13H15N3O3S/c1-19-12(18)10-3-2-4-16(10)11(17)7-9-8-15-5-6-20-13(15)14-9/h5-6,8,10H,2-4,7H2,1H3/t10-/m0/s1.